The monoisotopic (exact) mass is 240 g/mol. The first kappa shape index (κ1) is 14.5. The third-order valence-electron chi connectivity index (χ3n) is 1.65. The van der Waals surface area contributed by atoms with Crippen LogP contribution < -0.4 is 0 Å². The largest absolute Gasteiger partial charge is 0.456 e. The summed E-state index contributed by atoms with van der Waals surface area (Å²) in [4.78, 5) is 0. The third kappa shape index (κ3) is 2.97. The van der Waals surface area contributed by atoms with Crippen molar-refractivity contribution >= 4 is 0 Å². The van der Waals surface area contributed by atoms with Gasteiger partial charge in [0.1, 0.15) is 12.2 Å². The van der Waals surface area contributed by atoms with Crippen LogP contribution >= 0.6 is 0 Å². The molecule has 9 heteroatoms. The van der Waals surface area contributed by atoms with E-state index in [9.17, 15) is 22.0 Å². The number of rotatable bonds is 4. The molecule has 0 rings (SSSR count). The van der Waals surface area contributed by atoms with Crippen molar-refractivity contribution in [3.05, 3.63) is 0 Å². The van der Waals surface area contributed by atoms with E-state index in [-0.39, 0.29) is 0 Å². The van der Waals surface area contributed by atoms with Gasteiger partial charge in [0.25, 0.3) is 0 Å². The SMILES string of the molecule is OC[C@H](O)[C@@H](O)[C@@H](O)C(F)(F)C(F)(F)F. The molecular weight excluding hydrogens is 231 g/mol. The van der Waals surface area contributed by atoms with Gasteiger partial charge in [-0.3, -0.25) is 0 Å². The Morgan fingerprint density at radius 2 is 1.33 bits per heavy atom. The predicted molar refractivity (Wildman–Crippen MR) is 36.1 cm³/mol. The standard InChI is InChI=1S/C6H9F5O4/c7-5(8,6(9,10)11)4(15)3(14)2(13)1-12/h2-4,12-15H,1H2/t2-,3+,4+/m0/s1. The van der Waals surface area contributed by atoms with Gasteiger partial charge in [0.2, 0.25) is 0 Å². The lowest BCUT2D eigenvalue weighted by molar-refractivity contribution is -0.327. The maximum atomic E-state index is 12.3. The quantitative estimate of drug-likeness (QED) is 0.488. The highest BCUT2D eigenvalue weighted by Crippen LogP contribution is 2.39. The third-order valence-corrected chi connectivity index (χ3v) is 1.65. The first-order valence-electron chi connectivity index (χ1n) is 3.65. The van der Waals surface area contributed by atoms with Crippen LogP contribution in [0.5, 0.6) is 0 Å². The molecule has 0 fully saturated rings. The van der Waals surface area contributed by atoms with Crippen LogP contribution in [-0.2, 0) is 0 Å². The summed E-state index contributed by atoms with van der Waals surface area (Å²) in [7, 11) is 0. The predicted octanol–water partition coefficient (Wildman–Crippen LogP) is -0.741. The average Bonchev–Trinajstić information content (AvgIpc) is 2.12. The number of aliphatic hydroxyl groups excluding tert-OH is 4. The Labute approximate surface area is 80.6 Å². The number of hydrogen-bond acceptors (Lipinski definition) is 4. The van der Waals surface area contributed by atoms with Gasteiger partial charge in [-0.15, -0.1) is 0 Å². The maximum Gasteiger partial charge on any atom is 0.456 e. The van der Waals surface area contributed by atoms with Gasteiger partial charge in [-0.2, -0.15) is 22.0 Å². The fourth-order valence-corrected chi connectivity index (χ4v) is 0.701. The molecule has 0 amide bonds. The van der Waals surface area contributed by atoms with Gasteiger partial charge in [0.15, 0.2) is 6.10 Å². The summed E-state index contributed by atoms with van der Waals surface area (Å²) in [6.07, 6.45) is -14.7. The van der Waals surface area contributed by atoms with Crippen molar-refractivity contribution in [2.45, 2.75) is 30.4 Å². The van der Waals surface area contributed by atoms with E-state index >= 15 is 0 Å². The summed E-state index contributed by atoms with van der Waals surface area (Å²) >= 11 is 0. The second-order valence-corrected chi connectivity index (χ2v) is 2.81. The van der Waals surface area contributed by atoms with Crippen LogP contribution in [-0.4, -0.2) is 57.4 Å². The smallest absolute Gasteiger partial charge is 0.394 e. The molecule has 0 aliphatic heterocycles. The summed E-state index contributed by atoms with van der Waals surface area (Å²) in [6.45, 7) is -1.26. The van der Waals surface area contributed by atoms with E-state index in [4.69, 9.17) is 20.4 Å². The van der Waals surface area contributed by atoms with E-state index < -0.39 is 37.0 Å². The van der Waals surface area contributed by atoms with E-state index in [0.717, 1.165) is 0 Å². The Kier molecular flexibility index (Phi) is 4.40. The zero-order chi connectivity index (χ0) is 12.4. The minimum absolute atomic E-state index is 1.26. The Morgan fingerprint density at radius 1 is 0.933 bits per heavy atom. The van der Waals surface area contributed by atoms with Crippen molar-refractivity contribution in [3.8, 4) is 0 Å². The molecule has 0 heterocycles. The molecule has 15 heavy (non-hydrogen) atoms. The number of aliphatic hydroxyl groups is 4. The van der Waals surface area contributed by atoms with E-state index in [1.165, 1.54) is 0 Å². The van der Waals surface area contributed by atoms with Crippen molar-refractivity contribution in [1.29, 1.82) is 0 Å². The zero-order valence-electron chi connectivity index (χ0n) is 7.12. The Morgan fingerprint density at radius 3 is 1.60 bits per heavy atom. The van der Waals surface area contributed by atoms with Crippen LogP contribution in [0.25, 0.3) is 0 Å². The first-order valence-corrected chi connectivity index (χ1v) is 3.65. The molecule has 0 aromatic carbocycles. The summed E-state index contributed by atoms with van der Waals surface area (Å²) in [6, 6.07) is 0. The summed E-state index contributed by atoms with van der Waals surface area (Å²) in [5.74, 6) is -5.57. The molecule has 0 saturated carbocycles. The van der Waals surface area contributed by atoms with Crippen molar-refractivity contribution in [2.75, 3.05) is 6.61 Å². The second-order valence-electron chi connectivity index (χ2n) is 2.81. The average molecular weight is 240 g/mol. The van der Waals surface area contributed by atoms with Crippen LogP contribution in [0, 0.1) is 0 Å². The molecule has 0 aromatic rings. The summed E-state index contributed by atoms with van der Waals surface area (Å²) < 4.78 is 59.6. The molecule has 92 valence electrons. The highest BCUT2D eigenvalue weighted by Gasteiger charge is 2.64. The number of halogens is 5. The molecule has 0 bridgehead atoms. The highest BCUT2D eigenvalue weighted by molar-refractivity contribution is 4.91. The Hall–Kier alpha value is -0.510. The molecule has 0 radical (unpaired) electrons. The van der Waals surface area contributed by atoms with Crippen molar-refractivity contribution in [1.82, 2.24) is 0 Å². The van der Waals surface area contributed by atoms with Crippen molar-refractivity contribution < 1.29 is 42.4 Å². The van der Waals surface area contributed by atoms with E-state index in [2.05, 4.69) is 0 Å². The van der Waals surface area contributed by atoms with Gasteiger partial charge in [0, 0.05) is 0 Å². The highest BCUT2D eigenvalue weighted by atomic mass is 19.4. The molecule has 0 aliphatic rings. The van der Waals surface area contributed by atoms with Gasteiger partial charge < -0.3 is 20.4 Å². The zero-order valence-corrected chi connectivity index (χ0v) is 7.12. The number of alkyl halides is 5. The van der Waals surface area contributed by atoms with E-state index in [0.29, 0.717) is 0 Å². The fourth-order valence-electron chi connectivity index (χ4n) is 0.701. The minimum atomic E-state index is -6.05. The van der Waals surface area contributed by atoms with Gasteiger partial charge in [-0.1, -0.05) is 0 Å². The lowest BCUT2D eigenvalue weighted by atomic mass is 10.0. The van der Waals surface area contributed by atoms with Crippen LogP contribution in [0.4, 0.5) is 22.0 Å². The minimum Gasteiger partial charge on any atom is -0.394 e. The molecule has 0 saturated heterocycles. The lowest BCUT2D eigenvalue weighted by Crippen LogP contribution is -2.56. The van der Waals surface area contributed by atoms with E-state index in [1.807, 2.05) is 0 Å². The van der Waals surface area contributed by atoms with Crippen molar-refractivity contribution in [2.24, 2.45) is 0 Å². The molecule has 0 unspecified atom stereocenters. The van der Waals surface area contributed by atoms with Crippen molar-refractivity contribution in [3.63, 3.8) is 0 Å². The Bertz CT molecular complexity index is 206. The molecule has 4 N–H and O–H groups in total. The van der Waals surface area contributed by atoms with Gasteiger partial charge >= 0.3 is 12.1 Å². The van der Waals surface area contributed by atoms with E-state index in [1.54, 1.807) is 0 Å². The molecule has 4 nitrogen and oxygen atoms in total. The van der Waals surface area contributed by atoms with Crippen LogP contribution in [0.3, 0.4) is 0 Å². The molecular formula is C6H9F5O4. The normalized spacial score (nSPS) is 19.8. The molecule has 0 spiro atoms. The van der Waals surface area contributed by atoms with Gasteiger partial charge in [-0.05, 0) is 0 Å². The molecule has 0 aromatic heterocycles. The maximum absolute atomic E-state index is 12.3. The molecule has 3 atom stereocenters. The second kappa shape index (κ2) is 4.56. The first-order chi connectivity index (χ1) is 6.55. The summed E-state index contributed by atoms with van der Waals surface area (Å²) in [5.41, 5.74) is 0. The molecule has 0 aliphatic carbocycles. The number of hydrogen-bond donors (Lipinski definition) is 4. The van der Waals surface area contributed by atoms with Crippen LogP contribution in [0.2, 0.25) is 0 Å². The van der Waals surface area contributed by atoms with Crippen LogP contribution in [0.1, 0.15) is 0 Å². The topological polar surface area (TPSA) is 80.9 Å². The Balaban J connectivity index is 4.77. The fraction of sp³-hybridized carbons (Fsp3) is 1.00. The summed E-state index contributed by atoms with van der Waals surface area (Å²) in [5, 5.41) is 33.9. The lowest BCUT2D eigenvalue weighted by Gasteiger charge is -2.29. The van der Waals surface area contributed by atoms with Gasteiger partial charge in [0.05, 0.1) is 6.61 Å². The van der Waals surface area contributed by atoms with Gasteiger partial charge in [-0.25, -0.2) is 0 Å². The van der Waals surface area contributed by atoms with Crippen LogP contribution in [0.15, 0.2) is 0 Å².